The molecule has 5 heteroatoms. The van der Waals surface area contributed by atoms with Gasteiger partial charge in [0.1, 0.15) is 6.33 Å². The van der Waals surface area contributed by atoms with Gasteiger partial charge in [-0.1, -0.05) is 0 Å². The zero-order valence-corrected chi connectivity index (χ0v) is 7.26. The molecule has 4 nitrogen and oxygen atoms in total. The molecular weight excluding hydrogens is 174 g/mol. The third-order valence-corrected chi connectivity index (χ3v) is 2.27. The molecular formula is C7H7N3OS. The lowest BCUT2D eigenvalue weighted by Crippen LogP contribution is -2.15. The van der Waals surface area contributed by atoms with Gasteiger partial charge >= 0.3 is 5.69 Å². The number of nitrogens with one attached hydrogen (secondary N) is 1. The molecule has 2 heterocycles. The minimum absolute atomic E-state index is 0.144. The van der Waals surface area contributed by atoms with Crippen molar-refractivity contribution in [1.82, 2.24) is 14.4 Å². The molecule has 0 spiro atoms. The molecule has 0 aromatic carbocycles. The molecule has 0 fully saturated rings. The fourth-order valence-corrected chi connectivity index (χ4v) is 1.46. The summed E-state index contributed by atoms with van der Waals surface area (Å²) >= 11 is 1.50. The first-order valence-corrected chi connectivity index (χ1v) is 4.63. The number of aromatic amines is 1. The van der Waals surface area contributed by atoms with Gasteiger partial charge < -0.3 is 4.98 Å². The number of imidazole rings is 1. The lowest BCUT2D eigenvalue weighted by molar-refractivity contribution is 0.935. The number of fused-ring (bicyclic) bond motifs is 1. The predicted molar refractivity (Wildman–Crippen MR) is 47.6 cm³/mol. The molecule has 0 aliphatic rings. The van der Waals surface area contributed by atoms with Crippen LogP contribution in [0.5, 0.6) is 0 Å². The van der Waals surface area contributed by atoms with Crippen molar-refractivity contribution in [3.8, 4) is 0 Å². The summed E-state index contributed by atoms with van der Waals surface area (Å²) in [5.41, 5.74) is 0.678. The van der Waals surface area contributed by atoms with Gasteiger partial charge in [-0.25, -0.2) is 9.78 Å². The van der Waals surface area contributed by atoms with Crippen LogP contribution < -0.4 is 5.69 Å². The van der Waals surface area contributed by atoms with E-state index < -0.39 is 0 Å². The molecule has 2 aromatic heterocycles. The van der Waals surface area contributed by atoms with Crippen LogP contribution in [0.4, 0.5) is 0 Å². The van der Waals surface area contributed by atoms with Crippen LogP contribution in [0.25, 0.3) is 5.52 Å². The van der Waals surface area contributed by atoms with E-state index in [1.54, 1.807) is 6.20 Å². The van der Waals surface area contributed by atoms with E-state index in [1.807, 2.05) is 12.3 Å². The second-order valence-corrected chi connectivity index (χ2v) is 3.18. The van der Waals surface area contributed by atoms with E-state index in [0.717, 1.165) is 10.5 Å². The Bertz CT molecular complexity index is 459. The summed E-state index contributed by atoms with van der Waals surface area (Å²) in [6.07, 6.45) is 5.07. The number of hydrogen-bond acceptors (Lipinski definition) is 3. The number of nitrogens with zero attached hydrogens (tertiary/aromatic N) is 2. The zero-order chi connectivity index (χ0) is 8.55. The van der Waals surface area contributed by atoms with Gasteiger partial charge in [0, 0.05) is 0 Å². The van der Waals surface area contributed by atoms with Crippen molar-refractivity contribution in [3.63, 3.8) is 0 Å². The highest BCUT2D eigenvalue weighted by Gasteiger charge is 1.98. The molecule has 0 radical (unpaired) electrons. The van der Waals surface area contributed by atoms with E-state index in [0.29, 0.717) is 0 Å². The summed E-state index contributed by atoms with van der Waals surface area (Å²) < 4.78 is 1.47. The molecule has 0 aliphatic carbocycles. The topological polar surface area (TPSA) is 50.2 Å². The standard InChI is InChI=1S/C7H7N3OS/c1-12-6-2-5-3-8-4-10(5)7(11)9-6/h2-4H,1H3,(H,9,11). The molecule has 0 aliphatic heterocycles. The maximum atomic E-state index is 11.3. The minimum Gasteiger partial charge on any atom is -0.302 e. The lowest BCUT2D eigenvalue weighted by atomic mass is 10.5. The molecule has 0 amide bonds. The molecule has 12 heavy (non-hydrogen) atoms. The van der Waals surface area contributed by atoms with Crippen LogP contribution in [0.3, 0.4) is 0 Å². The van der Waals surface area contributed by atoms with Gasteiger partial charge in [-0.15, -0.1) is 11.8 Å². The van der Waals surface area contributed by atoms with Crippen LogP contribution in [-0.2, 0) is 0 Å². The van der Waals surface area contributed by atoms with Crippen molar-refractivity contribution in [2.45, 2.75) is 5.03 Å². The van der Waals surface area contributed by atoms with E-state index in [4.69, 9.17) is 0 Å². The first kappa shape index (κ1) is 7.42. The first-order chi connectivity index (χ1) is 5.81. The van der Waals surface area contributed by atoms with E-state index in [2.05, 4.69) is 9.97 Å². The fourth-order valence-electron chi connectivity index (χ4n) is 1.03. The average molecular weight is 181 g/mol. The quantitative estimate of drug-likeness (QED) is 0.521. The van der Waals surface area contributed by atoms with Crippen LogP contribution in [0, 0.1) is 0 Å². The highest BCUT2D eigenvalue weighted by molar-refractivity contribution is 7.98. The molecule has 1 N–H and O–H groups in total. The Morgan fingerprint density at radius 3 is 3.25 bits per heavy atom. The Morgan fingerprint density at radius 2 is 2.50 bits per heavy atom. The first-order valence-electron chi connectivity index (χ1n) is 3.40. The lowest BCUT2D eigenvalue weighted by Gasteiger charge is -1.96. The van der Waals surface area contributed by atoms with Crippen LogP contribution in [0.15, 0.2) is 28.4 Å². The van der Waals surface area contributed by atoms with Gasteiger partial charge in [0.25, 0.3) is 0 Å². The van der Waals surface area contributed by atoms with Gasteiger partial charge in [-0.05, 0) is 12.3 Å². The Hall–Kier alpha value is -1.23. The highest BCUT2D eigenvalue weighted by Crippen LogP contribution is 2.10. The summed E-state index contributed by atoms with van der Waals surface area (Å²) in [5.74, 6) is 0. The highest BCUT2D eigenvalue weighted by atomic mass is 32.2. The Balaban J connectivity index is 2.84. The SMILES string of the molecule is CSc1cc2cncn2c(=O)[nH]1. The summed E-state index contributed by atoms with van der Waals surface area (Å²) in [6.45, 7) is 0. The normalized spacial score (nSPS) is 10.8. The van der Waals surface area contributed by atoms with Crippen LogP contribution in [-0.4, -0.2) is 20.6 Å². The number of rotatable bonds is 1. The fraction of sp³-hybridized carbons (Fsp3) is 0.143. The van der Waals surface area contributed by atoms with Gasteiger partial charge in [0.15, 0.2) is 0 Å². The van der Waals surface area contributed by atoms with Crippen LogP contribution in [0.1, 0.15) is 0 Å². The molecule has 0 saturated heterocycles. The molecule has 62 valence electrons. The van der Waals surface area contributed by atoms with Crippen molar-refractivity contribution in [1.29, 1.82) is 0 Å². The van der Waals surface area contributed by atoms with Gasteiger partial charge in [-0.2, -0.15) is 0 Å². The molecule has 0 bridgehead atoms. The number of H-pyrrole nitrogens is 1. The number of hydrogen-bond donors (Lipinski definition) is 1. The van der Waals surface area contributed by atoms with Crippen molar-refractivity contribution in [2.24, 2.45) is 0 Å². The zero-order valence-electron chi connectivity index (χ0n) is 6.44. The molecule has 0 atom stereocenters. The van der Waals surface area contributed by atoms with E-state index in [1.165, 1.54) is 22.5 Å². The van der Waals surface area contributed by atoms with Gasteiger partial charge in [-0.3, -0.25) is 4.40 Å². The van der Waals surface area contributed by atoms with E-state index in [9.17, 15) is 4.79 Å². The number of thioether (sulfide) groups is 1. The van der Waals surface area contributed by atoms with Crippen molar-refractivity contribution in [2.75, 3.05) is 6.26 Å². The monoisotopic (exact) mass is 181 g/mol. The number of aromatic nitrogens is 3. The minimum atomic E-state index is -0.144. The second-order valence-electron chi connectivity index (χ2n) is 2.33. The maximum absolute atomic E-state index is 11.3. The van der Waals surface area contributed by atoms with Crippen molar-refractivity contribution >= 4 is 17.3 Å². The van der Waals surface area contributed by atoms with E-state index >= 15 is 0 Å². The van der Waals surface area contributed by atoms with E-state index in [-0.39, 0.29) is 5.69 Å². The summed E-state index contributed by atoms with van der Waals surface area (Å²) in [5, 5.41) is 0.855. The molecule has 0 saturated carbocycles. The average Bonchev–Trinajstić information content (AvgIpc) is 2.52. The maximum Gasteiger partial charge on any atom is 0.332 e. The van der Waals surface area contributed by atoms with Crippen molar-refractivity contribution < 1.29 is 0 Å². The summed E-state index contributed by atoms with van der Waals surface area (Å²) in [6, 6.07) is 1.89. The van der Waals surface area contributed by atoms with Crippen molar-refractivity contribution in [3.05, 3.63) is 29.1 Å². The predicted octanol–water partition coefficient (Wildman–Crippen LogP) is 0.744. The Kier molecular flexibility index (Phi) is 1.65. The third kappa shape index (κ3) is 1.02. The largest absolute Gasteiger partial charge is 0.332 e. The molecule has 2 aromatic rings. The van der Waals surface area contributed by atoms with Gasteiger partial charge in [0.05, 0.1) is 16.7 Å². The summed E-state index contributed by atoms with van der Waals surface area (Å²) in [4.78, 5) is 17.9. The van der Waals surface area contributed by atoms with Crippen LogP contribution >= 0.6 is 11.8 Å². The van der Waals surface area contributed by atoms with Crippen LogP contribution in [0.2, 0.25) is 0 Å². The third-order valence-electron chi connectivity index (χ3n) is 1.61. The van der Waals surface area contributed by atoms with Gasteiger partial charge in [0.2, 0.25) is 0 Å². The molecule has 2 rings (SSSR count). The Labute approximate surface area is 72.6 Å². The second kappa shape index (κ2) is 2.67. The molecule has 0 unspecified atom stereocenters. The summed E-state index contributed by atoms with van der Waals surface area (Å²) in [7, 11) is 0. The smallest absolute Gasteiger partial charge is 0.302 e. The Morgan fingerprint density at radius 1 is 1.67 bits per heavy atom.